The molecule has 1 aromatic heterocycles. The van der Waals surface area contributed by atoms with Gasteiger partial charge in [-0.15, -0.1) is 0 Å². The molecule has 2 aromatic rings. The number of aromatic nitrogens is 2. The molecule has 0 radical (unpaired) electrons. The van der Waals surface area contributed by atoms with Gasteiger partial charge in [-0.1, -0.05) is 11.8 Å². The van der Waals surface area contributed by atoms with Gasteiger partial charge in [-0.2, -0.15) is 5.10 Å². The van der Waals surface area contributed by atoms with Crippen LogP contribution in [0.1, 0.15) is 27.9 Å². The number of aryl methyl sites for hydroxylation is 1. The third-order valence-corrected chi connectivity index (χ3v) is 5.98. The monoisotopic (exact) mass is 392 g/mol. The van der Waals surface area contributed by atoms with Crippen LogP contribution in [0.4, 0.5) is 5.69 Å². The largest absolute Gasteiger partial charge is 0.544 e. The normalized spacial score (nSPS) is 19.2. The Bertz CT molecular complexity index is 898. The Hall–Kier alpha value is -2.59. The van der Waals surface area contributed by atoms with Gasteiger partial charge in [0.1, 0.15) is 29.1 Å². The Morgan fingerprint density at radius 2 is 2.22 bits per heavy atom. The molecule has 10 heteroatoms. The second-order valence-corrected chi connectivity index (χ2v) is 7.55. The van der Waals surface area contributed by atoms with E-state index in [1.807, 2.05) is 18.2 Å². The molecule has 2 heterocycles. The van der Waals surface area contributed by atoms with Crippen LogP contribution in [0.3, 0.4) is 0 Å². The highest BCUT2D eigenvalue weighted by Crippen LogP contribution is 2.31. The number of rotatable bonds is 6. The highest BCUT2D eigenvalue weighted by atomic mass is 32.2. The van der Waals surface area contributed by atoms with Crippen LogP contribution in [-0.4, -0.2) is 39.6 Å². The predicted octanol–water partition coefficient (Wildman–Crippen LogP) is -0.108. The van der Waals surface area contributed by atoms with E-state index in [4.69, 9.17) is 4.74 Å². The molecule has 0 saturated carbocycles. The average Bonchev–Trinajstić information content (AvgIpc) is 3.20. The summed E-state index contributed by atoms with van der Waals surface area (Å²) >= 11 is 1.55. The minimum atomic E-state index is -1.06. The SMILES string of the molecule is COc1ccc([C@@H]2[NH2+][C@@H](C(=O)[O-])CS2)cc1Cn1nc(C)c([N+](=O)[O-])c1C. The predicted molar refractivity (Wildman–Crippen MR) is 96.4 cm³/mol. The van der Waals surface area contributed by atoms with Crippen LogP contribution in [-0.2, 0) is 11.3 Å². The summed E-state index contributed by atoms with van der Waals surface area (Å²) in [6, 6.07) is 5.10. The molecule has 0 spiro atoms. The highest BCUT2D eigenvalue weighted by molar-refractivity contribution is 7.99. The number of ether oxygens (including phenoxy) is 1. The molecular formula is C17H20N4O5S. The molecule has 0 bridgehead atoms. The number of nitrogens with zero attached hydrogens (tertiary/aromatic N) is 3. The van der Waals surface area contributed by atoms with Gasteiger partial charge in [-0.05, 0) is 32.0 Å². The van der Waals surface area contributed by atoms with E-state index in [0.717, 1.165) is 11.1 Å². The lowest BCUT2D eigenvalue weighted by molar-refractivity contribution is -0.690. The van der Waals surface area contributed by atoms with Crippen LogP contribution >= 0.6 is 11.8 Å². The topological polar surface area (TPSA) is 127 Å². The van der Waals surface area contributed by atoms with Crippen LogP contribution in [0.25, 0.3) is 0 Å². The summed E-state index contributed by atoms with van der Waals surface area (Å²) < 4.78 is 7.01. The van der Waals surface area contributed by atoms with Crippen molar-refractivity contribution in [3.8, 4) is 5.75 Å². The number of thioether (sulfide) groups is 1. The highest BCUT2D eigenvalue weighted by Gasteiger charge is 2.31. The zero-order valence-corrected chi connectivity index (χ0v) is 16.0. The number of benzene rings is 1. The van der Waals surface area contributed by atoms with Crippen molar-refractivity contribution in [2.75, 3.05) is 12.9 Å². The molecular weight excluding hydrogens is 372 g/mol. The van der Waals surface area contributed by atoms with Crippen molar-refractivity contribution in [2.45, 2.75) is 31.8 Å². The first-order valence-corrected chi connectivity index (χ1v) is 9.39. The molecule has 1 saturated heterocycles. The van der Waals surface area contributed by atoms with Crippen molar-refractivity contribution in [1.29, 1.82) is 0 Å². The van der Waals surface area contributed by atoms with E-state index < -0.39 is 16.9 Å². The molecule has 27 heavy (non-hydrogen) atoms. The lowest BCUT2D eigenvalue weighted by Crippen LogP contribution is -2.90. The van der Waals surface area contributed by atoms with Crippen LogP contribution in [0, 0.1) is 24.0 Å². The molecule has 0 aliphatic carbocycles. The molecule has 1 aromatic carbocycles. The number of nitro groups is 1. The smallest absolute Gasteiger partial charge is 0.312 e. The number of nitrogens with two attached hydrogens (primary N) is 1. The maximum absolute atomic E-state index is 11.2. The first-order chi connectivity index (χ1) is 12.8. The number of hydrogen-bond donors (Lipinski definition) is 1. The third-order valence-electron chi connectivity index (χ3n) is 4.64. The Morgan fingerprint density at radius 1 is 1.48 bits per heavy atom. The lowest BCUT2D eigenvalue weighted by Gasteiger charge is -2.15. The van der Waals surface area contributed by atoms with Gasteiger partial charge in [-0.25, -0.2) is 0 Å². The van der Waals surface area contributed by atoms with Crippen LogP contribution in [0.2, 0.25) is 0 Å². The number of carboxylic acids is 1. The second kappa shape index (κ2) is 7.57. The van der Waals surface area contributed by atoms with E-state index in [9.17, 15) is 20.0 Å². The first-order valence-electron chi connectivity index (χ1n) is 8.34. The minimum absolute atomic E-state index is 0.0154. The Balaban J connectivity index is 1.90. The molecule has 2 N–H and O–H groups in total. The Labute approximate surface area is 159 Å². The van der Waals surface area contributed by atoms with Crippen LogP contribution in [0.15, 0.2) is 18.2 Å². The molecule has 9 nitrogen and oxygen atoms in total. The number of methoxy groups -OCH3 is 1. The maximum atomic E-state index is 11.2. The van der Waals surface area contributed by atoms with Gasteiger partial charge >= 0.3 is 5.69 Å². The van der Waals surface area contributed by atoms with E-state index in [0.29, 0.717) is 29.4 Å². The number of carboxylic acid groups (broad SMARTS) is 1. The number of carbonyl (C=O) groups is 1. The van der Waals surface area contributed by atoms with E-state index in [-0.39, 0.29) is 11.1 Å². The molecule has 0 unspecified atom stereocenters. The number of hydrogen-bond acceptors (Lipinski definition) is 7. The van der Waals surface area contributed by atoms with E-state index >= 15 is 0 Å². The van der Waals surface area contributed by atoms with Gasteiger partial charge in [0.25, 0.3) is 0 Å². The van der Waals surface area contributed by atoms with Gasteiger partial charge in [0.2, 0.25) is 0 Å². The summed E-state index contributed by atoms with van der Waals surface area (Å²) in [4.78, 5) is 21.9. The molecule has 2 atom stereocenters. The van der Waals surface area contributed by atoms with Gasteiger partial charge in [0, 0.05) is 11.1 Å². The van der Waals surface area contributed by atoms with Gasteiger partial charge in [0.05, 0.1) is 24.3 Å². The number of quaternary nitrogens is 1. The van der Waals surface area contributed by atoms with Crippen molar-refractivity contribution in [3.63, 3.8) is 0 Å². The Morgan fingerprint density at radius 3 is 2.78 bits per heavy atom. The summed E-state index contributed by atoms with van der Waals surface area (Å²) in [5.74, 6) is 0.0694. The molecule has 0 amide bonds. The second-order valence-electron chi connectivity index (χ2n) is 6.38. The summed E-state index contributed by atoms with van der Waals surface area (Å²) in [6.07, 6.45) is 0. The fraction of sp³-hybridized carbons (Fsp3) is 0.412. The van der Waals surface area contributed by atoms with Crippen molar-refractivity contribution < 1.29 is 24.9 Å². The quantitative estimate of drug-likeness (QED) is 0.537. The van der Waals surface area contributed by atoms with Crippen molar-refractivity contribution >= 4 is 23.4 Å². The standard InChI is InChI=1S/C17H20N4O5S/c1-9-15(21(24)25)10(2)20(19-9)7-12-6-11(4-5-14(12)26-3)16-18-13(8-27-16)17(22)23/h4-6,13,16,18H,7-8H2,1-3H3,(H,22,23)/t13-,16-/m1/s1. The number of carbonyl (C=O) groups excluding carboxylic acids is 1. The molecule has 3 rings (SSSR count). The zero-order chi connectivity index (χ0) is 19.7. The average molecular weight is 392 g/mol. The fourth-order valence-corrected chi connectivity index (χ4v) is 4.55. The maximum Gasteiger partial charge on any atom is 0.312 e. The van der Waals surface area contributed by atoms with Gasteiger partial charge < -0.3 is 20.0 Å². The van der Waals surface area contributed by atoms with Gasteiger partial charge in [-0.3, -0.25) is 14.8 Å². The van der Waals surface area contributed by atoms with E-state index in [1.54, 1.807) is 42.7 Å². The van der Waals surface area contributed by atoms with E-state index in [2.05, 4.69) is 5.10 Å². The van der Waals surface area contributed by atoms with Crippen LogP contribution in [0.5, 0.6) is 5.75 Å². The zero-order valence-electron chi connectivity index (χ0n) is 15.2. The van der Waals surface area contributed by atoms with Crippen molar-refractivity contribution in [1.82, 2.24) is 9.78 Å². The molecule has 1 aliphatic heterocycles. The summed E-state index contributed by atoms with van der Waals surface area (Å²) in [6.45, 7) is 3.60. The van der Waals surface area contributed by atoms with Gasteiger partial charge in [0.15, 0.2) is 5.37 Å². The number of aliphatic carboxylic acids is 1. The molecule has 144 valence electrons. The van der Waals surface area contributed by atoms with Crippen LogP contribution < -0.4 is 15.2 Å². The first kappa shape index (κ1) is 19.2. The lowest BCUT2D eigenvalue weighted by atomic mass is 10.1. The van der Waals surface area contributed by atoms with Crippen molar-refractivity contribution in [3.05, 3.63) is 50.8 Å². The summed E-state index contributed by atoms with van der Waals surface area (Å²) in [5, 5.41) is 28.3. The molecule has 1 aliphatic rings. The molecule has 1 fully saturated rings. The third kappa shape index (κ3) is 3.76. The van der Waals surface area contributed by atoms with Crippen molar-refractivity contribution in [2.24, 2.45) is 0 Å². The minimum Gasteiger partial charge on any atom is -0.544 e. The fourth-order valence-electron chi connectivity index (χ4n) is 3.25. The summed E-state index contributed by atoms with van der Waals surface area (Å²) in [7, 11) is 1.56. The van der Waals surface area contributed by atoms with E-state index in [1.165, 1.54) is 0 Å². The Kier molecular flexibility index (Phi) is 5.38. The summed E-state index contributed by atoms with van der Waals surface area (Å²) in [5.41, 5.74) is 2.63.